The Kier molecular flexibility index (Phi) is 8.26. The molecule has 1 saturated carbocycles. The maximum atomic E-state index is 7.18. The summed E-state index contributed by atoms with van der Waals surface area (Å²) in [6, 6.07) is 41.2. The molecule has 2 heteroatoms. The average Bonchev–Trinajstić information content (AvgIpc) is 3.33. The third-order valence-corrected chi connectivity index (χ3v) is 15.9. The standard InChI is InChI=1S/C42H50OSi/c1-30-27-36-34-22-15-14-21-33(34)25-26-35(36)40(30)44(28-31-17-10-8-11-18-31,29-32-19-12-9-13-20-32)38-24-16-23-37(41(2,3)4)39(38)43-42(5,6)7/h8-26,30,35-36,40H,27-29H2,1-7H3. The highest BCUT2D eigenvalue weighted by molar-refractivity contribution is 6.93. The summed E-state index contributed by atoms with van der Waals surface area (Å²) in [5.41, 5.74) is 7.41. The van der Waals surface area contributed by atoms with Gasteiger partial charge in [-0.15, -0.1) is 0 Å². The van der Waals surface area contributed by atoms with Gasteiger partial charge in [-0.2, -0.15) is 0 Å². The van der Waals surface area contributed by atoms with Crippen LogP contribution in [0.15, 0.2) is 109 Å². The molecule has 1 nitrogen and oxygen atoms in total. The van der Waals surface area contributed by atoms with Crippen molar-refractivity contribution in [3.05, 3.63) is 137 Å². The number of benzene rings is 4. The van der Waals surface area contributed by atoms with Crippen molar-refractivity contribution >= 4 is 19.3 Å². The van der Waals surface area contributed by atoms with Crippen molar-refractivity contribution in [2.75, 3.05) is 0 Å². The molecule has 1 fully saturated rings. The van der Waals surface area contributed by atoms with Crippen molar-refractivity contribution in [3.8, 4) is 5.75 Å². The summed E-state index contributed by atoms with van der Waals surface area (Å²) < 4.78 is 7.18. The Morgan fingerprint density at radius 3 is 1.89 bits per heavy atom. The van der Waals surface area contributed by atoms with Crippen LogP contribution < -0.4 is 9.92 Å². The van der Waals surface area contributed by atoms with Crippen LogP contribution in [0.1, 0.15) is 88.6 Å². The van der Waals surface area contributed by atoms with Crippen molar-refractivity contribution in [3.63, 3.8) is 0 Å². The van der Waals surface area contributed by atoms with Gasteiger partial charge in [0.1, 0.15) is 19.4 Å². The lowest BCUT2D eigenvalue weighted by Crippen LogP contribution is -2.59. The Morgan fingerprint density at radius 2 is 1.30 bits per heavy atom. The first kappa shape index (κ1) is 30.7. The highest BCUT2D eigenvalue weighted by atomic mass is 28.3. The average molecular weight is 599 g/mol. The topological polar surface area (TPSA) is 9.23 Å². The largest absolute Gasteiger partial charge is 0.488 e. The molecule has 0 bridgehead atoms. The van der Waals surface area contributed by atoms with Gasteiger partial charge >= 0.3 is 0 Å². The molecule has 0 heterocycles. The molecule has 0 aromatic heterocycles. The second-order valence-electron chi connectivity index (χ2n) is 15.5. The second kappa shape index (κ2) is 11.9. The molecule has 4 aromatic rings. The lowest BCUT2D eigenvalue weighted by Gasteiger charge is -2.45. The highest BCUT2D eigenvalue weighted by Gasteiger charge is 2.56. The van der Waals surface area contributed by atoms with Crippen LogP contribution >= 0.6 is 0 Å². The zero-order valence-corrected chi connectivity index (χ0v) is 28.8. The van der Waals surface area contributed by atoms with Crippen LogP contribution in [0, 0.1) is 11.8 Å². The summed E-state index contributed by atoms with van der Waals surface area (Å²) >= 11 is 0. The number of para-hydroxylation sites is 1. The maximum absolute atomic E-state index is 7.18. The summed E-state index contributed by atoms with van der Waals surface area (Å²) in [4.78, 5) is 0. The van der Waals surface area contributed by atoms with E-state index in [9.17, 15) is 0 Å². The van der Waals surface area contributed by atoms with Crippen molar-refractivity contribution in [1.29, 1.82) is 0 Å². The Bertz CT molecular complexity index is 1560. The SMILES string of the molecule is CC1CC2c3ccccc3C=CC2C1[Si](Cc1ccccc1)(Cc1ccccc1)c1cccc(C(C)(C)C)c1OC(C)(C)C. The molecule has 2 aliphatic carbocycles. The fourth-order valence-corrected chi connectivity index (χ4v) is 15.2. The first-order chi connectivity index (χ1) is 21.0. The van der Waals surface area contributed by atoms with Crippen LogP contribution in [0.25, 0.3) is 6.08 Å². The van der Waals surface area contributed by atoms with E-state index < -0.39 is 8.07 Å². The van der Waals surface area contributed by atoms with Gasteiger partial charge in [-0.25, -0.2) is 0 Å². The smallest absolute Gasteiger partial charge is 0.123 e. The highest BCUT2D eigenvalue weighted by Crippen LogP contribution is 2.59. The van der Waals surface area contributed by atoms with Gasteiger partial charge in [0.25, 0.3) is 0 Å². The molecule has 4 atom stereocenters. The normalized spacial score (nSPS) is 21.5. The predicted octanol–water partition coefficient (Wildman–Crippen LogP) is 10.2. The monoisotopic (exact) mass is 598 g/mol. The first-order valence-corrected chi connectivity index (χ1v) is 19.1. The second-order valence-corrected chi connectivity index (χ2v) is 19.8. The van der Waals surface area contributed by atoms with Gasteiger partial charge in [-0.1, -0.05) is 154 Å². The molecule has 0 N–H and O–H groups in total. The number of fused-ring (bicyclic) bond motifs is 3. The number of hydrogen-bond acceptors (Lipinski definition) is 1. The fourth-order valence-electron chi connectivity index (χ4n) is 8.57. The van der Waals surface area contributed by atoms with Crippen molar-refractivity contribution in [1.82, 2.24) is 0 Å². The molecule has 44 heavy (non-hydrogen) atoms. The maximum Gasteiger partial charge on any atom is 0.123 e. The van der Waals surface area contributed by atoms with Gasteiger partial charge in [-0.05, 0) is 89.9 Å². The van der Waals surface area contributed by atoms with E-state index >= 15 is 0 Å². The molecule has 0 amide bonds. The molecule has 4 aromatic carbocycles. The number of rotatable bonds is 7. The van der Waals surface area contributed by atoms with Crippen LogP contribution in [0.4, 0.5) is 0 Å². The molecular weight excluding hydrogens is 549 g/mol. The Hall–Kier alpha value is -3.36. The summed E-state index contributed by atoms with van der Waals surface area (Å²) in [7, 11) is -2.44. The molecule has 0 radical (unpaired) electrons. The number of ether oxygens (including phenoxy) is 1. The zero-order valence-electron chi connectivity index (χ0n) is 27.8. The summed E-state index contributed by atoms with van der Waals surface area (Å²) in [6.07, 6.45) is 6.28. The molecule has 0 saturated heterocycles. The van der Waals surface area contributed by atoms with Crippen LogP contribution in [0.3, 0.4) is 0 Å². The Morgan fingerprint density at radius 1 is 0.705 bits per heavy atom. The van der Waals surface area contributed by atoms with Crippen LogP contribution in [0.2, 0.25) is 5.54 Å². The van der Waals surface area contributed by atoms with Gasteiger partial charge in [0.15, 0.2) is 0 Å². The van der Waals surface area contributed by atoms with E-state index in [0.29, 0.717) is 23.3 Å². The fraction of sp³-hybridized carbons (Fsp3) is 0.381. The Balaban J connectivity index is 1.65. The first-order valence-electron chi connectivity index (χ1n) is 16.6. The van der Waals surface area contributed by atoms with Crippen molar-refractivity contribution < 1.29 is 4.74 Å². The van der Waals surface area contributed by atoms with E-state index in [0.717, 1.165) is 17.8 Å². The molecule has 4 unspecified atom stereocenters. The van der Waals surface area contributed by atoms with Gasteiger partial charge in [-0.3, -0.25) is 0 Å². The van der Waals surface area contributed by atoms with Crippen LogP contribution in [-0.4, -0.2) is 13.7 Å². The zero-order chi connectivity index (χ0) is 31.1. The van der Waals surface area contributed by atoms with Gasteiger partial charge in [0.2, 0.25) is 0 Å². The molecule has 0 spiro atoms. The van der Waals surface area contributed by atoms with Crippen LogP contribution in [-0.2, 0) is 17.5 Å². The quantitative estimate of drug-likeness (QED) is 0.192. The molecular formula is C42H50OSi. The van der Waals surface area contributed by atoms with E-state index in [1.165, 1.54) is 33.9 Å². The Labute approximate surface area is 267 Å². The third-order valence-electron chi connectivity index (χ3n) is 10.1. The molecule has 228 valence electrons. The number of hydrogen-bond donors (Lipinski definition) is 0. The van der Waals surface area contributed by atoms with Gasteiger partial charge in [0.05, 0.1) is 0 Å². The van der Waals surface area contributed by atoms with E-state index in [4.69, 9.17) is 4.74 Å². The molecule has 2 aliphatic rings. The predicted molar refractivity (Wildman–Crippen MR) is 190 cm³/mol. The van der Waals surface area contributed by atoms with Crippen molar-refractivity contribution in [2.24, 2.45) is 11.8 Å². The van der Waals surface area contributed by atoms with E-state index in [1.54, 1.807) is 5.56 Å². The lowest BCUT2D eigenvalue weighted by atomic mass is 9.81. The van der Waals surface area contributed by atoms with E-state index in [-0.39, 0.29) is 11.0 Å². The summed E-state index contributed by atoms with van der Waals surface area (Å²) in [6.45, 7) is 16.2. The number of allylic oxidation sites excluding steroid dienone is 1. The lowest BCUT2D eigenvalue weighted by molar-refractivity contribution is 0.129. The van der Waals surface area contributed by atoms with Gasteiger partial charge in [0, 0.05) is 0 Å². The van der Waals surface area contributed by atoms with Gasteiger partial charge < -0.3 is 4.74 Å². The summed E-state index contributed by atoms with van der Waals surface area (Å²) in [5, 5.41) is 1.51. The van der Waals surface area contributed by atoms with Crippen LogP contribution in [0.5, 0.6) is 5.75 Å². The molecule has 6 rings (SSSR count). The minimum absolute atomic E-state index is 0.0380. The van der Waals surface area contributed by atoms with E-state index in [1.807, 2.05) is 0 Å². The van der Waals surface area contributed by atoms with E-state index in [2.05, 4.69) is 164 Å². The van der Waals surface area contributed by atoms with Crippen molar-refractivity contribution in [2.45, 2.75) is 89.5 Å². The minimum Gasteiger partial charge on any atom is -0.488 e. The summed E-state index contributed by atoms with van der Waals surface area (Å²) in [5.74, 6) is 2.83. The molecule has 0 aliphatic heterocycles. The minimum atomic E-state index is -2.44. The third kappa shape index (κ3) is 5.98.